The van der Waals surface area contributed by atoms with Gasteiger partial charge in [0.1, 0.15) is 11.5 Å². The Labute approximate surface area is 144 Å². The van der Waals surface area contributed by atoms with Gasteiger partial charge in [0, 0.05) is 0 Å². The molecule has 0 atom stereocenters. The molecule has 6 heteroatoms. The fourth-order valence-electron chi connectivity index (χ4n) is 2.11. The van der Waals surface area contributed by atoms with Crippen molar-refractivity contribution >= 4 is 28.7 Å². The fraction of sp³-hybridized carbons (Fsp3) is 0.111. The molecular formula is C18H17N3O2S. The molecule has 0 saturated heterocycles. The Morgan fingerprint density at radius 3 is 2.54 bits per heavy atom. The van der Waals surface area contributed by atoms with E-state index < -0.39 is 0 Å². The summed E-state index contributed by atoms with van der Waals surface area (Å²) < 4.78 is 5.17. The molecule has 0 spiro atoms. The van der Waals surface area contributed by atoms with E-state index in [1.54, 1.807) is 37.6 Å². The Bertz CT molecular complexity index is 781. The van der Waals surface area contributed by atoms with Crippen LogP contribution in [0.5, 0.6) is 11.5 Å². The lowest BCUT2D eigenvalue weighted by molar-refractivity contribution is 0.415. The molecular weight excluding hydrogens is 322 g/mol. The Morgan fingerprint density at radius 1 is 1.17 bits per heavy atom. The van der Waals surface area contributed by atoms with Crippen molar-refractivity contribution in [3.05, 3.63) is 65.1 Å². The van der Waals surface area contributed by atoms with Crippen molar-refractivity contribution in [3.63, 3.8) is 0 Å². The number of benzene rings is 2. The number of aromatic hydroxyl groups is 1. The van der Waals surface area contributed by atoms with Crippen molar-refractivity contribution in [2.45, 2.75) is 0 Å². The fourth-order valence-corrected chi connectivity index (χ4v) is 2.82. The van der Waals surface area contributed by atoms with Crippen LogP contribution < -0.4 is 10.2 Å². The van der Waals surface area contributed by atoms with E-state index in [1.165, 1.54) is 11.8 Å². The van der Waals surface area contributed by atoms with Gasteiger partial charge in [0.05, 0.1) is 19.9 Å². The summed E-state index contributed by atoms with van der Waals surface area (Å²) in [5, 5.41) is 16.2. The third-order valence-electron chi connectivity index (χ3n) is 3.43. The van der Waals surface area contributed by atoms with Crippen LogP contribution >= 0.6 is 11.8 Å². The maximum absolute atomic E-state index is 9.24. The van der Waals surface area contributed by atoms with Gasteiger partial charge in [0.15, 0.2) is 5.17 Å². The summed E-state index contributed by atoms with van der Waals surface area (Å²) in [6.45, 7) is 0.608. The van der Waals surface area contributed by atoms with E-state index in [0.717, 1.165) is 27.6 Å². The predicted octanol–water partition coefficient (Wildman–Crippen LogP) is 3.47. The second-order valence-electron chi connectivity index (χ2n) is 5.07. The Hall–Kier alpha value is -2.73. The van der Waals surface area contributed by atoms with Crippen LogP contribution in [0.3, 0.4) is 0 Å². The summed E-state index contributed by atoms with van der Waals surface area (Å²) in [5.41, 5.74) is 6.13. The van der Waals surface area contributed by atoms with E-state index >= 15 is 0 Å². The van der Waals surface area contributed by atoms with E-state index in [-0.39, 0.29) is 5.75 Å². The number of aliphatic imine (C=N–C) groups is 1. The number of phenolic OH excluding ortho intramolecular Hbond substituents is 1. The zero-order valence-electron chi connectivity index (χ0n) is 13.1. The molecule has 0 saturated carbocycles. The van der Waals surface area contributed by atoms with Gasteiger partial charge < -0.3 is 9.84 Å². The first-order valence-electron chi connectivity index (χ1n) is 7.37. The smallest absolute Gasteiger partial charge is 0.181 e. The lowest BCUT2D eigenvalue weighted by Crippen LogP contribution is -2.16. The van der Waals surface area contributed by atoms with Gasteiger partial charge >= 0.3 is 0 Å². The van der Waals surface area contributed by atoms with Crippen LogP contribution in [0.4, 0.5) is 0 Å². The van der Waals surface area contributed by atoms with E-state index in [1.807, 2.05) is 24.3 Å². The number of hydrogen-bond donors (Lipinski definition) is 2. The van der Waals surface area contributed by atoms with Crippen LogP contribution in [0.25, 0.3) is 5.57 Å². The zero-order chi connectivity index (χ0) is 16.8. The quantitative estimate of drug-likeness (QED) is 0.661. The molecule has 3 rings (SSSR count). The molecule has 1 heterocycles. The van der Waals surface area contributed by atoms with Gasteiger partial charge in [-0.05, 0) is 58.5 Å². The maximum atomic E-state index is 9.24. The minimum atomic E-state index is 0.239. The Kier molecular flexibility index (Phi) is 5.18. The van der Waals surface area contributed by atoms with Crippen LogP contribution in [0, 0.1) is 0 Å². The Morgan fingerprint density at radius 2 is 1.92 bits per heavy atom. The number of ether oxygens (including phenoxy) is 1. The van der Waals surface area contributed by atoms with Crippen LogP contribution in [-0.2, 0) is 0 Å². The Balaban J connectivity index is 1.55. The number of hydrogen-bond acceptors (Lipinski definition) is 6. The number of phenols is 1. The van der Waals surface area contributed by atoms with Crippen molar-refractivity contribution < 1.29 is 9.84 Å². The number of amidine groups is 1. The summed E-state index contributed by atoms with van der Waals surface area (Å²) >= 11 is 1.51. The van der Waals surface area contributed by atoms with Crippen molar-refractivity contribution in [1.29, 1.82) is 0 Å². The molecule has 122 valence electrons. The van der Waals surface area contributed by atoms with Crippen molar-refractivity contribution in [2.24, 2.45) is 10.1 Å². The van der Waals surface area contributed by atoms with Crippen molar-refractivity contribution in [3.8, 4) is 11.5 Å². The first-order valence-corrected chi connectivity index (χ1v) is 8.25. The molecule has 0 unspecified atom stereocenters. The van der Waals surface area contributed by atoms with Crippen LogP contribution in [0.2, 0.25) is 0 Å². The van der Waals surface area contributed by atoms with Gasteiger partial charge in [-0.25, -0.2) is 0 Å². The topological polar surface area (TPSA) is 66.2 Å². The minimum Gasteiger partial charge on any atom is -0.508 e. The van der Waals surface area contributed by atoms with Crippen molar-refractivity contribution in [2.75, 3.05) is 13.7 Å². The van der Waals surface area contributed by atoms with Gasteiger partial charge in [-0.15, -0.1) is 0 Å². The molecule has 0 bridgehead atoms. The largest absolute Gasteiger partial charge is 0.508 e. The summed E-state index contributed by atoms with van der Waals surface area (Å²) in [7, 11) is 1.66. The third kappa shape index (κ3) is 4.17. The van der Waals surface area contributed by atoms with E-state index in [9.17, 15) is 5.11 Å². The molecule has 2 aromatic rings. The highest BCUT2D eigenvalue weighted by atomic mass is 32.2. The van der Waals surface area contributed by atoms with Crippen LogP contribution in [-0.4, -0.2) is 30.1 Å². The molecule has 1 aliphatic heterocycles. The molecule has 2 aromatic carbocycles. The van der Waals surface area contributed by atoms with Gasteiger partial charge in [-0.2, -0.15) is 5.10 Å². The second-order valence-corrected chi connectivity index (χ2v) is 5.93. The number of rotatable bonds is 4. The SMILES string of the molecule is COc1ccc(C2=CSC(N/N=C/c3ccc(O)cc3)=NC2)cc1. The standard InChI is InChI=1S/C18H17N3O2S/c1-23-17-8-4-14(5-9-17)15-11-19-18(24-12-15)21-20-10-13-2-6-16(22)7-3-13/h2-10,12,22H,11H2,1H3,(H,19,21)/b20-10+. The van der Waals surface area contributed by atoms with E-state index in [4.69, 9.17) is 4.74 Å². The number of hydrazone groups is 1. The van der Waals surface area contributed by atoms with Gasteiger partial charge in [0.2, 0.25) is 0 Å². The predicted molar refractivity (Wildman–Crippen MR) is 99.7 cm³/mol. The normalized spacial score (nSPS) is 14.2. The molecule has 0 radical (unpaired) electrons. The highest BCUT2D eigenvalue weighted by molar-refractivity contribution is 8.16. The maximum Gasteiger partial charge on any atom is 0.181 e. The highest BCUT2D eigenvalue weighted by Gasteiger charge is 2.09. The molecule has 1 aliphatic rings. The number of thioether (sulfide) groups is 1. The molecule has 0 aromatic heterocycles. The summed E-state index contributed by atoms with van der Waals surface area (Å²) in [5.74, 6) is 1.08. The molecule has 2 N–H and O–H groups in total. The average Bonchev–Trinajstić information content (AvgIpc) is 2.64. The van der Waals surface area contributed by atoms with Gasteiger partial charge in [-0.1, -0.05) is 23.9 Å². The lowest BCUT2D eigenvalue weighted by Gasteiger charge is -2.12. The first-order chi connectivity index (χ1) is 11.7. The first kappa shape index (κ1) is 16.1. The van der Waals surface area contributed by atoms with Gasteiger partial charge in [0.25, 0.3) is 0 Å². The summed E-state index contributed by atoms with van der Waals surface area (Å²) in [6.07, 6.45) is 1.69. The number of methoxy groups -OCH3 is 1. The van der Waals surface area contributed by atoms with E-state index in [2.05, 4.69) is 20.9 Å². The molecule has 24 heavy (non-hydrogen) atoms. The minimum absolute atomic E-state index is 0.239. The summed E-state index contributed by atoms with van der Waals surface area (Å²) in [6, 6.07) is 14.8. The lowest BCUT2D eigenvalue weighted by atomic mass is 10.1. The van der Waals surface area contributed by atoms with Crippen LogP contribution in [0.1, 0.15) is 11.1 Å². The molecule has 0 fully saturated rings. The van der Waals surface area contributed by atoms with Crippen LogP contribution in [0.15, 0.2) is 64.0 Å². The number of nitrogens with one attached hydrogen (secondary N) is 1. The monoisotopic (exact) mass is 339 g/mol. The zero-order valence-corrected chi connectivity index (χ0v) is 14.0. The molecule has 0 amide bonds. The molecule has 0 aliphatic carbocycles. The van der Waals surface area contributed by atoms with Gasteiger partial charge in [-0.3, -0.25) is 10.4 Å². The van der Waals surface area contributed by atoms with E-state index in [0.29, 0.717) is 6.54 Å². The average molecular weight is 339 g/mol. The molecule has 5 nitrogen and oxygen atoms in total. The highest BCUT2D eigenvalue weighted by Crippen LogP contribution is 2.25. The second kappa shape index (κ2) is 7.70. The summed E-state index contributed by atoms with van der Waals surface area (Å²) in [4.78, 5) is 4.49. The number of nitrogens with zero attached hydrogens (tertiary/aromatic N) is 2. The van der Waals surface area contributed by atoms with Crippen molar-refractivity contribution in [1.82, 2.24) is 5.43 Å². The third-order valence-corrected chi connectivity index (χ3v) is 4.28.